The van der Waals surface area contributed by atoms with Gasteiger partial charge in [-0.3, -0.25) is 19.8 Å². The van der Waals surface area contributed by atoms with Gasteiger partial charge in [0, 0.05) is 17.9 Å². The molecule has 0 saturated carbocycles. The van der Waals surface area contributed by atoms with Crippen LogP contribution in [0.4, 0.5) is 17.2 Å². The van der Waals surface area contributed by atoms with E-state index < -0.39 is 4.92 Å². The minimum Gasteiger partial charge on any atom is -0.495 e. The van der Waals surface area contributed by atoms with E-state index >= 15 is 0 Å². The van der Waals surface area contributed by atoms with Crippen LogP contribution in [0.3, 0.4) is 0 Å². The Morgan fingerprint density at radius 1 is 1.39 bits per heavy atom. The van der Waals surface area contributed by atoms with Crippen LogP contribution in [0, 0.1) is 10.1 Å². The number of halogens is 1. The van der Waals surface area contributed by atoms with Crippen molar-refractivity contribution in [3.63, 3.8) is 0 Å². The molecular formula is C14H10ClN3O4S. The molecule has 2 heterocycles. The van der Waals surface area contributed by atoms with E-state index in [1.807, 2.05) is 0 Å². The van der Waals surface area contributed by atoms with Crippen molar-refractivity contribution in [3.05, 3.63) is 39.5 Å². The minimum atomic E-state index is -0.524. The van der Waals surface area contributed by atoms with Crippen molar-refractivity contribution in [2.75, 3.05) is 12.0 Å². The molecule has 0 unspecified atom stereocenters. The monoisotopic (exact) mass is 351 g/mol. The lowest BCUT2D eigenvalue weighted by molar-refractivity contribution is -0.385. The largest absolute Gasteiger partial charge is 0.495 e. The van der Waals surface area contributed by atoms with Crippen molar-refractivity contribution in [1.82, 2.24) is 4.98 Å². The van der Waals surface area contributed by atoms with E-state index in [2.05, 4.69) is 4.98 Å². The Morgan fingerprint density at radius 3 is 2.74 bits per heavy atom. The number of carbonyl (C=O) groups excluding carboxylic acids is 1. The molecule has 0 fully saturated rings. The van der Waals surface area contributed by atoms with Crippen LogP contribution in [0.2, 0.25) is 5.02 Å². The van der Waals surface area contributed by atoms with Gasteiger partial charge < -0.3 is 4.74 Å². The summed E-state index contributed by atoms with van der Waals surface area (Å²) in [5.74, 6) is 0.542. The summed E-state index contributed by atoms with van der Waals surface area (Å²) in [6.07, 6.45) is 1.13. The van der Waals surface area contributed by atoms with Gasteiger partial charge >= 0.3 is 0 Å². The van der Waals surface area contributed by atoms with E-state index in [0.29, 0.717) is 32.1 Å². The maximum Gasteiger partial charge on any atom is 0.288 e. The van der Waals surface area contributed by atoms with Crippen LogP contribution in [0.15, 0.2) is 34.2 Å². The Morgan fingerprint density at radius 2 is 2.13 bits per heavy atom. The Bertz CT molecular complexity index is 843. The first kappa shape index (κ1) is 15.6. The number of hydrogen-bond donors (Lipinski definition) is 0. The summed E-state index contributed by atoms with van der Waals surface area (Å²) in [4.78, 5) is 29.2. The first-order valence-corrected chi connectivity index (χ1v) is 7.62. The lowest BCUT2D eigenvalue weighted by atomic mass is 10.2. The Kier molecular flexibility index (Phi) is 3.87. The number of fused-ring (bicyclic) bond motifs is 2. The van der Waals surface area contributed by atoms with Crippen molar-refractivity contribution in [1.29, 1.82) is 0 Å². The molecule has 0 bridgehead atoms. The average Bonchev–Trinajstić information content (AvgIpc) is 2.51. The number of ether oxygens (including phenoxy) is 1. The molecule has 3 rings (SSSR count). The van der Waals surface area contributed by atoms with Gasteiger partial charge in [-0.2, -0.15) is 0 Å². The molecule has 0 radical (unpaired) electrons. The van der Waals surface area contributed by atoms with Crippen LogP contribution in [0.5, 0.6) is 5.75 Å². The number of pyridine rings is 1. The fourth-order valence-corrected chi connectivity index (χ4v) is 3.57. The highest BCUT2D eigenvalue weighted by Gasteiger charge is 2.30. The number of hydrogen-bond acceptors (Lipinski definition) is 6. The quantitative estimate of drug-likeness (QED) is 0.604. The summed E-state index contributed by atoms with van der Waals surface area (Å²) in [6, 6.07) is 4.71. The Labute approximate surface area is 140 Å². The molecule has 1 amide bonds. The predicted molar refractivity (Wildman–Crippen MR) is 85.8 cm³/mol. The summed E-state index contributed by atoms with van der Waals surface area (Å²) in [5.41, 5.74) is 0.436. The van der Waals surface area contributed by atoms with Gasteiger partial charge in [-0.1, -0.05) is 23.4 Å². The van der Waals surface area contributed by atoms with Crippen LogP contribution in [0.25, 0.3) is 0 Å². The molecule has 0 spiro atoms. The molecule has 1 aromatic heterocycles. The first-order chi connectivity index (χ1) is 10.9. The minimum absolute atomic E-state index is 0.135. The zero-order valence-corrected chi connectivity index (χ0v) is 13.6. The van der Waals surface area contributed by atoms with Gasteiger partial charge in [0.1, 0.15) is 11.9 Å². The fourth-order valence-electron chi connectivity index (χ4n) is 2.26. The molecule has 7 nitrogen and oxygen atoms in total. The number of rotatable bonds is 2. The average molecular weight is 352 g/mol. The van der Waals surface area contributed by atoms with E-state index in [9.17, 15) is 14.9 Å². The molecule has 1 aliphatic heterocycles. The molecular weight excluding hydrogens is 342 g/mol. The predicted octanol–water partition coefficient (Wildman–Crippen LogP) is 3.80. The molecule has 23 heavy (non-hydrogen) atoms. The van der Waals surface area contributed by atoms with E-state index in [1.54, 1.807) is 12.1 Å². The van der Waals surface area contributed by atoms with Gasteiger partial charge in [-0.15, -0.1) is 0 Å². The second-order valence-corrected chi connectivity index (χ2v) is 6.17. The summed E-state index contributed by atoms with van der Waals surface area (Å²) < 4.78 is 5.18. The molecule has 0 N–H and O–H groups in total. The summed E-state index contributed by atoms with van der Waals surface area (Å²) in [6.45, 7) is 1.39. The first-order valence-electron chi connectivity index (χ1n) is 6.43. The third-order valence-electron chi connectivity index (χ3n) is 3.25. The van der Waals surface area contributed by atoms with Crippen molar-refractivity contribution in [2.24, 2.45) is 0 Å². The number of methoxy groups -OCH3 is 1. The van der Waals surface area contributed by atoms with Gasteiger partial charge in [-0.05, 0) is 12.1 Å². The summed E-state index contributed by atoms with van der Waals surface area (Å²) in [5, 5.41) is 11.3. The van der Waals surface area contributed by atoms with Crippen LogP contribution in [-0.4, -0.2) is 22.9 Å². The lowest BCUT2D eigenvalue weighted by Crippen LogP contribution is -2.26. The van der Waals surface area contributed by atoms with Gasteiger partial charge in [0.25, 0.3) is 5.69 Å². The topological polar surface area (TPSA) is 85.6 Å². The molecule has 118 valence electrons. The van der Waals surface area contributed by atoms with E-state index in [-0.39, 0.29) is 11.6 Å². The third kappa shape index (κ3) is 2.60. The summed E-state index contributed by atoms with van der Waals surface area (Å²) in [7, 11) is 1.49. The van der Waals surface area contributed by atoms with Gasteiger partial charge in [0.15, 0.2) is 5.82 Å². The van der Waals surface area contributed by atoms with E-state index in [0.717, 1.165) is 6.20 Å². The second kappa shape index (κ2) is 5.71. The van der Waals surface area contributed by atoms with Crippen molar-refractivity contribution >= 4 is 46.5 Å². The Balaban J connectivity index is 2.21. The van der Waals surface area contributed by atoms with Crippen molar-refractivity contribution in [3.8, 4) is 5.75 Å². The lowest BCUT2D eigenvalue weighted by Gasteiger charge is -2.29. The van der Waals surface area contributed by atoms with Crippen molar-refractivity contribution < 1.29 is 14.5 Å². The van der Waals surface area contributed by atoms with E-state index in [1.165, 1.54) is 36.8 Å². The van der Waals surface area contributed by atoms with Crippen LogP contribution < -0.4 is 9.64 Å². The number of nitro groups is 1. The number of benzene rings is 1. The normalized spacial score (nSPS) is 12.4. The van der Waals surface area contributed by atoms with E-state index in [4.69, 9.17) is 16.3 Å². The molecule has 1 aliphatic rings. The zero-order chi connectivity index (χ0) is 16.7. The standard InChI is InChI=1S/C14H10ClN3O4S/c1-7(19)17-10-4-9(15)11(22-2)5-12(10)23-13-3-8(18(20)21)6-16-14(13)17/h3-6H,1-2H3. The molecule has 0 atom stereocenters. The van der Waals surface area contributed by atoms with Crippen molar-refractivity contribution in [2.45, 2.75) is 16.7 Å². The Hall–Kier alpha value is -2.32. The number of nitrogens with zero attached hydrogens (tertiary/aromatic N) is 3. The SMILES string of the molecule is COc1cc2c(cc1Cl)N(C(C)=O)c1ncc([N+](=O)[O-])cc1S2. The smallest absolute Gasteiger partial charge is 0.288 e. The summed E-state index contributed by atoms with van der Waals surface area (Å²) >= 11 is 7.42. The molecule has 1 aromatic carbocycles. The number of amides is 1. The van der Waals surface area contributed by atoms with Crippen LogP contribution in [0.1, 0.15) is 6.92 Å². The second-order valence-electron chi connectivity index (χ2n) is 4.68. The maximum absolute atomic E-state index is 12.1. The fraction of sp³-hybridized carbons (Fsp3) is 0.143. The van der Waals surface area contributed by atoms with Crippen LogP contribution >= 0.6 is 23.4 Å². The molecule has 0 saturated heterocycles. The molecule has 9 heteroatoms. The highest BCUT2D eigenvalue weighted by Crippen LogP contribution is 2.50. The third-order valence-corrected chi connectivity index (χ3v) is 4.61. The maximum atomic E-state index is 12.1. The molecule has 0 aliphatic carbocycles. The van der Waals surface area contributed by atoms with Gasteiger partial charge in [-0.25, -0.2) is 4.98 Å². The molecule has 2 aromatic rings. The van der Waals surface area contributed by atoms with Gasteiger partial charge in [0.2, 0.25) is 5.91 Å². The number of anilines is 2. The number of aromatic nitrogens is 1. The van der Waals surface area contributed by atoms with Crippen LogP contribution in [-0.2, 0) is 4.79 Å². The highest BCUT2D eigenvalue weighted by molar-refractivity contribution is 7.99. The highest BCUT2D eigenvalue weighted by atomic mass is 35.5. The van der Waals surface area contributed by atoms with Gasteiger partial charge in [0.05, 0.1) is 27.6 Å². The zero-order valence-electron chi connectivity index (χ0n) is 12.1. The number of carbonyl (C=O) groups is 1.